The second-order valence-electron chi connectivity index (χ2n) is 5.95. The first kappa shape index (κ1) is 19.6. The fourth-order valence-electron chi connectivity index (χ4n) is 2.76. The molecule has 1 aromatic carbocycles. The van der Waals surface area contributed by atoms with Crippen molar-refractivity contribution in [1.82, 2.24) is 15.1 Å². The van der Waals surface area contributed by atoms with Gasteiger partial charge in [0, 0.05) is 38.7 Å². The van der Waals surface area contributed by atoms with E-state index < -0.39 is 12.7 Å². The standard InChI is InChI=1S/C17H21F2N3O4/c1-11(20-12(2)23)15(24)21-6-8-22(9-7-21)16(25)13-4-3-5-14(10-13)26-17(18)19/h3-5,10-11,17H,6-9H2,1-2H3,(H,20,23)/t11-/m1/s1. The van der Waals surface area contributed by atoms with Crippen LogP contribution in [0.1, 0.15) is 24.2 Å². The number of piperazine rings is 1. The molecule has 1 saturated heterocycles. The van der Waals surface area contributed by atoms with E-state index in [2.05, 4.69) is 10.1 Å². The first-order valence-corrected chi connectivity index (χ1v) is 8.18. The van der Waals surface area contributed by atoms with E-state index in [1.54, 1.807) is 16.7 Å². The van der Waals surface area contributed by atoms with Gasteiger partial charge in [-0.15, -0.1) is 0 Å². The van der Waals surface area contributed by atoms with Crippen molar-refractivity contribution in [3.8, 4) is 5.75 Å². The van der Waals surface area contributed by atoms with Crippen molar-refractivity contribution in [2.45, 2.75) is 26.5 Å². The fourth-order valence-corrected chi connectivity index (χ4v) is 2.76. The Bertz CT molecular complexity index is 676. The van der Waals surface area contributed by atoms with E-state index in [0.29, 0.717) is 26.2 Å². The Morgan fingerprint density at radius 2 is 1.73 bits per heavy atom. The zero-order valence-electron chi connectivity index (χ0n) is 14.6. The molecule has 1 heterocycles. The first-order valence-electron chi connectivity index (χ1n) is 8.18. The lowest BCUT2D eigenvalue weighted by atomic mass is 10.1. The molecule has 2 rings (SSSR count). The summed E-state index contributed by atoms with van der Waals surface area (Å²) in [6.07, 6.45) is 0. The molecular weight excluding hydrogens is 348 g/mol. The molecule has 0 aliphatic carbocycles. The number of nitrogens with one attached hydrogen (secondary N) is 1. The van der Waals surface area contributed by atoms with Gasteiger partial charge in [-0.05, 0) is 25.1 Å². The number of benzene rings is 1. The molecule has 1 fully saturated rings. The van der Waals surface area contributed by atoms with Crippen molar-refractivity contribution >= 4 is 17.7 Å². The molecule has 1 atom stereocenters. The van der Waals surface area contributed by atoms with Crippen LogP contribution in [0.3, 0.4) is 0 Å². The fraction of sp³-hybridized carbons (Fsp3) is 0.471. The van der Waals surface area contributed by atoms with Crippen LogP contribution in [0.5, 0.6) is 5.75 Å². The average Bonchev–Trinajstić information content (AvgIpc) is 2.59. The number of rotatable bonds is 5. The summed E-state index contributed by atoms with van der Waals surface area (Å²) in [6.45, 7) is 1.29. The maximum atomic E-state index is 12.5. The van der Waals surface area contributed by atoms with Gasteiger partial charge in [0.2, 0.25) is 11.8 Å². The second-order valence-corrected chi connectivity index (χ2v) is 5.95. The van der Waals surface area contributed by atoms with Crippen molar-refractivity contribution in [3.63, 3.8) is 0 Å². The van der Waals surface area contributed by atoms with Gasteiger partial charge in [-0.3, -0.25) is 14.4 Å². The molecule has 7 nitrogen and oxygen atoms in total. The Kier molecular flexibility index (Phi) is 6.48. The lowest BCUT2D eigenvalue weighted by molar-refractivity contribution is -0.136. The monoisotopic (exact) mass is 369 g/mol. The molecule has 0 aromatic heterocycles. The van der Waals surface area contributed by atoms with Crippen LogP contribution in [-0.4, -0.2) is 66.4 Å². The zero-order valence-corrected chi connectivity index (χ0v) is 14.6. The molecule has 1 aliphatic rings. The molecule has 26 heavy (non-hydrogen) atoms. The van der Waals surface area contributed by atoms with Crippen molar-refractivity contribution in [2.75, 3.05) is 26.2 Å². The predicted molar refractivity (Wildman–Crippen MR) is 88.8 cm³/mol. The summed E-state index contributed by atoms with van der Waals surface area (Å²) in [7, 11) is 0. The van der Waals surface area contributed by atoms with Crippen LogP contribution >= 0.6 is 0 Å². The minimum Gasteiger partial charge on any atom is -0.435 e. The van der Waals surface area contributed by atoms with Crippen LogP contribution in [0.15, 0.2) is 24.3 Å². The van der Waals surface area contributed by atoms with Crippen LogP contribution in [0.2, 0.25) is 0 Å². The smallest absolute Gasteiger partial charge is 0.387 e. The Morgan fingerprint density at radius 1 is 1.12 bits per heavy atom. The topological polar surface area (TPSA) is 79.0 Å². The van der Waals surface area contributed by atoms with Crippen molar-refractivity contribution in [1.29, 1.82) is 0 Å². The molecule has 1 N–H and O–H groups in total. The van der Waals surface area contributed by atoms with Gasteiger partial charge in [0.25, 0.3) is 5.91 Å². The highest BCUT2D eigenvalue weighted by Gasteiger charge is 2.27. The molecule has 0 bridgehead atoms. The van der Waals surface area contributed by atoms with Crippen molar-refractivity contribution in [3.05, 3.63) is 29.8 Å². The summed E-state index contributed by atoms with van der Waals surface area (Å²) >= 11 is 0. The van der Waals surface area contributed by atoms with E-state index in [-0.39, 0.29) is 29.0 Å². The lowest BCUT2D eigenvalue weighted by Gasteiger charge is -2.36. The number of hydrogen-bond donors (Lipinski definition) is 1. The summed E-state index contributed by atoms with van der Waals surface area (Å²) in [5.41, 5.74) is 0.245. The van der Waals surface area contributed by atoms with Crippen molar-refractivity contribution < 1.29 is 27.9 Å². The summed E-state index contributed by atoms with van der Waals surface area (Å²) < 4.78 is 28.9. The molecule has 1 aliphatic heterocycles. The third kappa shape index (κ3) is 5.14. The summed E-state index contributed by atoms with van der Waals surface area (Å²) in [6, 6.07) is 4.99. The van der Waals surface area contributed by atoms with E-state index >= 15 is 0 Å². The van der Waals surface area contributed by atoms with Crippen LogP contribution in [0, 0.1) is 0 Å². The second kappa shape index (κ2) is 8.59. The summed E-state index contributed by atoms with van der Waals surface area (Å²) in [5, 5.41) is 2.54. The van der Waals surface area contributed by atoms with Gasteiger partial charge < -0.3 is 19.9 Å². The van der Waals surface area contributed by atoms with Crippen LogP contribution in [-0.2, 0) is 9.59 Å². The molecule has 9 heteroatoms. The van der Waals surface area contributed by atoms with E-state index in [1.807, 2.05) is 0 Å². The average molecular weight is 369 g/mol. The Morgan fingerprint density at radius 3 is 2.31 bits per heavy atom. The third-order valence-electron chi connectivity index (χ3n) is 3.97. The molecule has 3 amide bonds. The molecule has 0 saturated carbocycles. The largest absolute Gasteiger partial charge is 0.435 e. The highest BCUT2D eigenvalue weighted by Crippen LogP contribution is 2.18. The van der Waals surface area contributed by atoms with Crippen LogP contribution in [0.25, 0.3) is 0 Å². The zero-order chi connectivity index (χ0) is 19.3. The molecule has 1 aromatic rings. The summed E-state index contributed by atoms with van der Waals surface area (Å²) in [5.74, 6) is -0.888. The minimum atomic E-state index is -2.96. The van der Waals surface area contributed by atoms with Crippen molar-refractivity contribution in [2.24, 2.45) is 0 Å². The number of halogens is 2. The number of carbonyl (C=O) groups excluding carboxylic acids is 3. The van der Waals surface area contributed by atoms with E-state index in [0.717, 1.165) is 0 Å². The maximum Gasteiger partial charge on any atom is 0.387 e. The number of carbonyl (C=O) groups is 3. The number of amides is 3. The molecule has 142 valence electrons. The first-order chi connectivity index (χ1) is 12.3. The Hall–Kier alpha value is -2.71. The quantitative estimate of drug-likeness (QED) is 0.843. The number of alkyl halides is 2. The molecular formula is C17H21F2N3O4. The maximum absolute atomic E-state index is 12.5. The normalized spacial score (nSPS) is 15.6. The van der Waals surface area contributed by atoms with Gasteiger partial charge in [-0.1, -0.05) is 6.07 Å². The SMILES string of the molecule is CC(=O)N[C@H](C)C(=O)N1CCN(C(=O)c2cccc(OC(F)F)c2)CC1. The predicted octanol–water partition coefficient (Wildman–Crippen LogP) is 1.10. The number of hydrogen-bond acceptors (Lipinski definition) is 4. The number of ether oxygens (including phenoxy) is 1. The van der Waals surface area contributed by atoms with Gasteiger partial charge in [0.15, 0.2) is 0 Å². The van der Waals surface area contributed by atoms with E-state index in [9.17, 15) is 23.2 Å². The number of nitrogens with zero attached hydrogens (tertiary/aromatic N) is 2. The van der Waals surface area contributed by atoms with Gasteiger partial charge >= 0.3 is 6.61 Å². The van der Waals surface area contributed by atoms with Gasteiger partial charge in [0.05, 0.1) is 0 Å². The highest BCUT2D eigenvalue weighted by atomic mass is 19.3. The molecule has 0 unspecified atom stereocenters. The van der Waals surface area contributed by atoms with Crippen LogP contribution in [0.4, 0.5) is 8.78 Å². The Balaban J connectivity index is 1.94. The minimum absolute atomic E-state index is 0.0798. The summed E-state index contributed by atoms with van der Waals surface area (Å²) in [4.78, 5) is 38.9. The third-order valence-corrected chi connectivity index (χ3v) is 3.97. The lowest BCUT2D eigenvalue weighted by Crippen LogP contribution is -2.55. The highest BCUT2D eigenvalue weighted by molar-refractivity contribution is 5.95. The van der Waals surface area contributed by atoms with Gasteiger partial charge in [0.1, 0.15) is 11.8 Å². The van der Waals surface area contributed by atoms with Gasteiger partial charge in [-0.25, -0.2) is 0 Å². The van der Waals surface area contributed by atoms with Crippen LogP contribution < -0.4 is 10.1 Å². The molecule has 0 radical (unpaired) electrons. The molecule has 0 spiro atoms. The van der Waals surface area contributed by atoms with E-state index in [1.165, 1.54) is 31.2 Å². The van der Waals surface area contributed by atoms with Gasteiger partial charge in [-0.2, -0.15) is 8.78 Å². The van der Waals surface area contributed by atoms with E-state index in [4.69, 9.17) is 0 Å². The Labute approximate surface area is 149 Å².